The molecule has 0 N–H and O–H groups in total. The van der Waals surface area contributed by atoms with Crippen LogP contribution in [0.2, 0.25) is 0 Å². The van der Waals surface area contributed by atoms with Gasteiger partial charge in [-0.2, -0.15) is 0 Å². The van der Waals surface area contributed by atoms with Gasteiger partial charge < -0.3 is 4.74 Å². The molecule has 4 heteroatoms. The van der Waals surface area contributed by atoms with E-state index in [4.69, 9.17) is 4.74 Å². The minimum absolute atomic E-state index is 0.0643. The van der Waals surface area contributed by atoms with Gasteiger partial charge in [-0.05, 0) is 24.5 Å². The van der Waals surface area contributed by atoms with Crippen molar-refractivity contribution in [3.8, 4) is 0 Å². The van der Waals surface area contributed by atoms with E-state index in [1.807, 2.05) is 25.3 Å². The fourth-order valence-corrected chi connectivity index (χ4v) is 3.84. The Morgan fingerprint density at radius 1 is 0.893 bits per heavy atom. The molecule has 2 heterocycles. The molecule has 0 amide bonds. The van der Waals surface area contributed by atoms with Crippen LogP contribution in [0.25, 0.3) is 0 Å². The van der Waals surface area contributed by atoms with Gasteiger partial charge in [0.05, 0.1) is 12.1 Å². The normalized spacial score (nSPS) is 22.9. The molecule has 0 aliphatic carbocycles. The summed E-state index contributed by atoms with van der Waals surface area (Å²) in [5.41, 5.74) is 2.74. The molecule has 2 saturated heterocycles. The van der Waals surface area contributed by atoms with E-state index in [1.54, 1.807) is 0 Å². The van der Waals surface area contributed by atoms with Gasteiger partial charge >= 0.3 is 0 Å². The average molecular weight is 381 g/mol. The fourth-order valence-electron chi connectivity index (χ4n) is 3.84. The van der Waals surface area contributed by atoms with E-state index in [0.29, 0.717) is 12.3 Å². The molecule has 2 fully saturated rings. The van der Waals surface area contributed by atoms with Crippen LogP contribution >= 0.6 is 0 Å². The van der Waals surface area contributed by atoms with Gasteiger partial charge in [-0.15, -0.1) is 0 Å². The Balaban J connectivity index is 0.000000162. The molecule has 150 valence electrons. The third-order valence-corrected chi connectivity index (χ3v) is 5.61. The van der Waals surface area contributed by atoms with E-state index in [2.05, 4.69) is 59.2 Å². The molecule has 0 saturated carbocycles. The van der Waals surface area contributed by atoms with Crippen LogP contribution in [0.5, 0.6) is 0 Å². The highest BCUT2D eigenvalue weighted by atomic mass is 16.5. The van der Waals surface area contributed by atoms with E-state index in [0.717, 1.165) is 45.6 Å². The summed E-state index contributed by atoms with van der Waals surface area (Å²) < 4.78 is 5.52. The zero-order valence-corrected chi connectivity index (χ0v) is 17.1. The van der Waals surface area contributed by atoms with Crippen LogP contribution in [0.3, 0.4) is 0 Å². The number of methoxy groups -OCH3 is 1. The van der Waals surface area contributed by atoms with E-state index < -0.39 is 0 Å². The first-order chi connectivity index (χ1) is 13.6. The van der Waals surface area contributed by atoms with Crippen molar-refractivity contribution in [2.75, 3.05) is 33.3 Å². The summed E-state index contributed by atoms with van der Waals surface area (Å²) in [6.45, 7) is 7.88. The molecule has 1 atom stereocenters. The number of hydrogen-bond donors (Lipinski definition) is 0. The molecule has 0 aromatic heterocycles. The van der Waals surface area contributed by atoms with E-state index in [-0.39, 0.29) is 5.60 Å². The second kappa shape index (κ2) is 9.97. The van der Waals surface area contributed by atoms with Crippen molar-refractivity contribution in [1.82, 2.24) is 9.80 Å². The molecule has 2 aliphatic rings. The number of hydrogen-bond acceptors (Lipinski definition) is 4. The molecule has 2 aliphatic heterocycles. The van der Waals surface area contributed by atoms with Crippen molar-refractivity contribution in [2.24, 2.45) is 0 Å². The number of rotatable bonds is 5. The van der Waals surface area contributed by atoms with Gasteiger partial charge in [0, 0.05) is 46.3 Å². The number of Topliss-reactive ketones (excluding diaryl/α,β-unsaturated/α-hetero) is 1. The summed E-state index contributed by atoms with van der Waals surface area (Å²) in [6.07, 6.45) is 1.86. The van der Waals surface area contributed by atoms with Gasteiger partial charge in [0.1, 0.15) is 5.78 Å². The van der Waals surface area contributed by atoms with Gasteiger partial charge in [-0.25, -0.2) is 0 Å². The Hall–Kier alpha value is -2.01. The Labute approximate surface area is 169 Å². The Bertz CT molecular complexity index is 735. The lowest BCUT2D eigenvalue weighted by molar-refractivity contribution is -0.116. The minimum Gasteiger partial charge on any atom is -0.377 e. The van der Waals surface area contributed by atoms with Crippen LogP contribution in [-0.2, 0) is 22.6 Å². The second-order valence-electron chi connectivity index (χ2n) is 8.09. The van der Waals surface area contributed by atoms with Crippen molar-refractivity contribution in [2.45, 2.75) is 38.5 Å². The molecule has 0 spiro atoms. The molecule has 0 radical (unpaired) electrons. The third-order valence-electron chi connectivity index (χ3n) is 5.61. The second-order valence-corrected chi connectivity index (χ2v) is 8.09. The lowest BCUT2D eigenvalue weighted by Crippen LogP contribution is -2.31. The Kier molecular flexibility index (Phi) is 7.37. The number of likely N-dealkylation sites (tertiary alicyclic amines) is 2. The first-order valence-corrected chi connectivity index (χ1v) is 10.2. The first kappa shape index (κ1) is 20.7. The van der Waals surface area contributed by atoms with Gasteiger partial charge in [0.2, 0.25) is 0 Å². The molecule has 28 heavy (non-hydrogen) atoms. The molecule has 2 aromatic rings. The average Bonchev–Trinajstić information content (AvgIpc) is 3.30. The minimum atomic E-state index is 0.0643. The van der Waals surface area contributed by atoms with Crippen LogP contribution < -0.4 is 0 Å². The molecule has 2 aromatic carbocycles. The monoisotopic (exact) mass is 380 g/mol. The number of ketones is 1. The van der Waals surface area contributed by atoms with Crippen LogP contribution in [0.4, 0.5) is 0 Å². The smallest absolute Gasteiger partial charge is 0.148 e. The predicted octanol–water partition coefficient (Wildman–Crippen LogP) is 3.76. The van der Waals surface area contributed by atoms with Crippen molar-refractivity contribution >= 4 is 5.78 Å². The summed E-state index contributed by atoms with van der Waals surface area (Å²) in [5, 5.41) is 0. The summed E-state index contributed by atoms with van der Waals surface area (Å²) in [7, 11) is 1.81. The van der Waals surface area contributed by atoms with E-state index in [1.165, 1.54) is 11.1 Å². The molecular weight excluding hydrogens is 348 g/mol. The maximum Gasteiger partial charge on any atom is 0.148 e. The highest BCUT2D eigenvalue weighted by Crippen LogP contribution is 2.25. The molecule has 4 rings (SSSR count). The van der Waals surface area contributed by atoms with Crippen molar-refractivity contribution in [3.05, 3.63) is 71.8 Å². The summed E-state index contributed by atoms with van der Waals surface area (Å²) >= 11 is 0. The van der Waals surface area contributed by atoms with E-state index in [9.17, 15) is 4.79 Å². The number of nitrogens with zero attached hydrogens (tertiary/aromatic N) is 2. The van der Waals surface area contributed by atoms with Gasteiger partial charge in [-0.3, -0.25) is 14.6 Å². The lowest BCUT2D eigenvalue weighted by Gasteiger charge is -2.23. The summed E-state index contributed by atoms with van der Waals surface area (Å²) in [4.78, 5) is 15.7. The quantitative estimate of drug-likeness (QED) is 0.791. The SMILES string of the molecule is COC1(C)CCN(Cc2ccccc2)C1.O=C1CCN(Cc2ccccc2)C1. The lowest BCUT2D eigenvalue weighted by atomic mass is 10.1. The van der Waals surface area contributed by atoms with Crippen LogP contribution in [0.1, 0.15) is 30.9 Å². The van der Waals surface area contributed by atoms with Crippen LogP contribution in [0.15, 0.2) is 60.7 Å². The summed E-state index contributed by atoms with van der Waals surface area (Å²) in [5.74, 6) is 0.371. The maximum atomic E-state index is 11.0. The zero-order valence-electron chi connectivity index (χ0n) is 17.1. The largest absolute Gasteiger partial charge is 0.377 e. The maximum absolute atomic E-state index is 11.0. The van der Waals surface area contributed by atoms with Crippen LogP contribution in [-0.4, -0.2) is 54.5 Å². The number of carbonyl (C=O) groups excluding carboxylic acids is 1. The fraction of sp³-hybridized carbons (Fsp3) is 0.458. The molecule has 1 unspecified atom stereocenters. The number of carbonyl (C=O) groups is 1. The zero-order chi connectivity index (χ0) is 19.8. The first-order valence-electron chi connectivity index (χ1n) is 10.2. The number of ether oxygens (including phenoxy) is 1. The Morgan fingerprint density at radius 2 is 1.46 bits per heavy atom. The van der Waals surface area contributed by atoms with Crippen molar-refractivity contribution in [3.63, 3.8) is 0 Å². The standard InChI is InChI=1S/C13H19NO.C11H13NO/c1-13(15-2)8-9-14(11-13)10-12-6-4-3-5-7-12;13-11-6-7-12(9-11)8-10-4-2-1-3-5-10/h3-7H,8-11H2,1-2H3;1-5H,6-9H2. The predicted molar refractivity (Wildman–Crippen MR) is 113 cm³/mol. The van der Waals surface area contributed by atoms with Crippen molar-refractivity contribution < 1.29 is 9.53 Å². The van der Waals surface area contributed by atoms with Crippen LogP contribution in [0, 0.1) is 0 Å². The Morgan fingerprint density at radius 3 is 1.93 bits per heavy atom. The highest BCUT2D eigenvalue weighted by molar-refractivity contribution is 5.82. The summed E-state index contributed by atoms with van der Waals surface area (Å²) in [6, 6.07) is 20.9. The topological polar surface area (TPSA) is 32.8 Å². The number of benzene rings is 2. The molecular formula is C24H32N2O2. The van der Waals surface area contributed by atoms with Gasteiger partial charge in [0.25, 0.3) is 0 Å². The molecule has 4 nitrogen and oxygen atoms in total. The molecule has 0 bridgehead atoms. The highest BCUT2D eigenvalue weighted by Gasteiger charge is 2.33. The van der Waals surface area contributed by atoms with E-state index >= 15 is 0 Å². The van der Waals surface area contributed by atoms with Gasteiger partial charge in [-0.1, -0.05) is 60.7 Å². The third kappa shape index (κ3) is 6.26. The van der Waals surface area contributed by atoms with Crippen molar-refractivity contribution in [1.29, 1.82) is 0 Å². The van der Waals surface area contributed by atoms with Gasteiger partial charge in [0.15, 0.2) is 0 Å².